The number of aromatic amines is 1. The van der Waals surface area contributed by atoms with Crippen molar-refractivity contribution in [2.45, 2.75) is 58.8 Å². The number of nitrogens with one attached hydrogen (secondary N) is 1. The number of piperidine rings is 1. The molecule has 3 heterocycles. The van der Waals surface area contributed by atoms with E-state index in [0.29, 0.717) is 18.1 Å². The van der Waals surface area contributed by atoms with E-state index in [2.05, 4.69) is 9.97 Å². The number of rotatable bonds is 1. The summed E-state index contributed by atoms with van der Waals surface area (Å²) in [4.78, 5) is 34.8. The van der Waals surface area contributed by atoms with Gasteiger partial charge in [0.1, 0.15) is 11.4 Å². The Morgan fingerprint density at radius 1 is 1.24 bits per heavy atom. The van der Waals surface area contributed by atoms with Crippen LogP contribution in [-0.2, 0) is 10.2 Å². The lowest BCUT2D eigenvalue weighted by Gasteiger charge is -2.45. The number of H-pyrrole nitrogens is 1. The number of ether oxygens (including phenoxy) is 1. The van der Waals surface area contributed by atoms with Crippen LogP contribution in [0.4, 0.5) is 0 Å². The predicted molar refractivity (Wildman–Crippen MR) is 95.9 cm³/mol. The first-order valence-electron chi connectivity index (χ1n) is 9.20. The van der Waals surface area contributed by atoms with Gasteiger partial charge < -0.3 is 14.6 Å². The average Bonchev–Trinajstić information content (AvgIpc) is 2.54. The quantitative estimate of drug-likeness (QED) is 0.846. The SMILES string of the molecule is Cc1nc(C(C)(C)C)[nH]c(=O)c1C(=O)N1CCCC2(CCOCC2)C1. The molecule has 1 amide bonds. The summed E-state index contributed by atoms with van der Waals surface area (Å²) in [7, 11) is 0. The number of likely N-dealkylation sites (tertiary alicyclic amines) is 1. The fourth-order valence-corrected chi connectivity index (χ4v) is 3.94. The van der Waals surface area contributed by atoms with Gasteiger partial charge in [0.25, 0.3) is 11.5 Å². The molecule has 0 bridgehead atoms. The Kier molecular flexibility index (Phi) is 4.75. The predicted octanol–water partition coefficient (Wildman–Crippen LogP) is 2.41. The maximum absolute atomic E-state index is 13.1. The molecule has 1 spiro atoms. The zero-order chi connectivity index (χ0) is 18.2. The molecule has 2 aliphatic rings. The van der Waals surface area contributed by atoms with Crippen molar-refractivity contribution in [2.24, 2.45) is 5.41 Å². The van der Waals surface area contributed by atoms with Crippen LogP contribution >= 0.6 is 0 Å². The Balaban J connectivity index is 1.87. The lowest BCUT2D eigenvalue weighted by molar-refractivity contribution is -0.0230. The number of amides is 1. The highest BCUT2D eigenvalue weighted by molar-refractivity contribution is 5.95. The van der Waals surface area contributed by atoms with Gasteiger partial charge in [-0.1, -0.05) is 20.8 Å². The molecule has 25 heavy (non-hydrogen) atoms. The normalized spacial score (nSPS) is 20.7. The fourth-order valence-electron chi connectivity index (χ4n) is 3.94. The molecule has 138 valence electrons. The molecule has 0 unspecified atom stereocenters. The largest absolute Gasteiger partial charge is 0.381 e. The Hall–Kier alpha value is -1.69. The summed E-state index contributed by atoms with van der Waals surface area (Å²) in [6.07, 6.45) is 4.10. The molecule has 0 saturated carbocycles. The van der Waals surface area contributed by atoms with Crippen molar-refractivity contribution in [3.63, 3.8) is 0 Å². The molecule has 2 fully saturated rings. The van der Waals surface area contributed by atoms with Crippen LogP contribution in [0.2, 0.25) is 0 Å². The molecule has 0 atom stereocenters. The Morgan fingerprint density at radius 3 is 2.52 bits per heavy atom. The van der Waals surface area contributed by atoms with Gasteiger partial charge in [0, 0.05) is 31.7 Å². The molecule has 3 rings (SSSR count). The minimum atomic E-state index is -0.325. The Bertz CT molecular complexity index is 706. The first-order chi connectivity index (χ1) is 11.7. The van der Waals surface area contributed by atoms with Gasteiger partial charge in [0.15, 0.2) is 0 Å². The maximum atomic E-state index is 13.1. The highest BCUT2D eigenvalue weighted by atomic mass is 16.5. The van der Waals surface area contributed by atoms with E-state index in [1.807, 2.05) is 25.7 Å². The van der Waals surface area contributed by atoms with Gasteiger partial charge >= 0.3 is 0 Å². The molecule has 0 aliphatic carbocycles. The summed E-state index contributed by atoms with van der Waals surface area (Å²) in [5.74, 6) is 0.434. The minimum absolute atomic E-state index is 0.158. The smallest absolute Gasteiger partial charge is 0.264 e. The van der Waals surface area contributed by atoms with E-state index in [1.54, 1.807) is 6.92 Å². The topological polar surface area (TPSA) is 75.3 Å². The first kappa shape index (κ1) is 18.1. The number of aryl methyl sites for hydroxylation is 1. The van der Waals surface area contributed by atoms with Gasteiger partial charge in [-0.15, -0.1) is 0 Å². The number of hydrogen-bond donors (Lipinski definition) is 1. The third-order valence-corrected chi connectivity index (χ3v) is 5.53. The second-order valence-corrected chi connectivity index (χ2v) is 8.57. The van der Waals surface area contributed by atoms with E-state index in [0.717, 1.165) is 45.4 Å². The van der Waals surface area contributed by atoms with Crippen molar-refractivity contribution >= 4 is 5.91 Å². The van der Waals surface area contributed by atoms with E-state index in [1.165, 1.54) is 0 Å². The monoisotopic (exact) mass is 347 g/mol. The molecule has 2 aliphatic heterocycles. The second kappa shape index (κ2) is 6.56. The average molecular weight is 347 g/mol. The summed E-state index contributed by atoms with van der Waals surface area (Å²) < 4.78 is 5.49. The van der Waals surface area contributed by atoms with Gasteiger partial charge in [0.05, 0.1) is 5.69 Å². The van der Waals surface area contributed by atoms with E-state index < -0.39 is 0 Å². The Morgan fingerprint density at radius 2 is 1.92 bits per heavy atom. The maximum Gasteiger partial charge on any atom is 0.264 e. The molecule has 1 N–H and O–H groups in total. The fraction of sp³-hybridized carbons (Fsp3) is 0.737. The third kappa shape index (κ3) is 3.64. The van der Waals surface area contributed by atoms with Crippen molar-refractivity contribution in [3.05, 3.63) is 27.4 Å². The highest BCUT2D eigenvalue weighted by Gasteiger charge is 2.39. The molecular weight excluding hydrogens is 318 g/mol. The lowest BCUT2D eigenvalue weighted by Crippen LogP contribution is -2.49. The lowest BCUT2D eigenvalue weighted by atomic mass is 9.74. The zero-order valence-corrected chi connectivity index (χ0v) is 15.8. The van der Waals surface area contributed by atoms with Crippen LogP contribution < -0.4 is 5.56 Å². The summed E-state index contributed by atoms with van der Waals surface area (Å²) >= 11 is 0. The molecule has 1 aromatic heterocycles. The Labute approximate surface area is 149 Å². The molecular formula is C19H29N3O3. The molecule has 6 nitrogen and oxygen atoms in total. The summed E-state index contributed by atoms with van der Waals surface area (Å²) in [5, 5.41) is 0. The van der Waals surface area contributed by atoms with E-state index in [4.69, 9.17) is 4.74 Å². The third-order valence-electron chi connectivity index (χ3n) is 5.53. The molecule has 1 aromatic rings. The highest BCUT2D eigenvalue weighted by Crippen LogP contribution is 2.39. The van der Waals surface area contributed by atoms with Crippen molar-refractivity contribution in [1.82, 2.24) is 14.9 Å². The van der Waals surface area contributed by atoms with Gasteiger partial charge in [0.2, 0.25) is 0 Å². The van der Waals surface area contributed by atoms with Crippen LogP contribution in [-0.4, -0.2) is 47.1 Å². The van der Waals surface area contributed by atoms with Gasteiger partial charge in [-0.05, 0) is 38.0 Å². The molecule has 0 aromatic carbocycles. The minimum Gasteiger partial charge on any atom is -0.381 e. The molecule has 2 saturated heterocycles. The van der Waals surface area contributed by atoms with Gasteiger partial charge in [-0.25, -0.2) is 4.98 Å². The molecule has 0 radical (unpaired) electrons. The van der Waals surface area contributed by atoms with Crippen molar-refractivity contribution in [2.75, 3.05) is 26.3 Å². The second-order valence-electron chi connectivity index (χ2n) is 8.57. The van der Waals surface area contributed by atoms with Crippen LogP contribution in [0.5, 0.6) is 0 Å². The number of nitrogens with zero attached hydrogens (tertiary/aromatic N) is 2. The number of carbonyl (C=O) groups excluding carboxylic acids is 1. The van der Waals surface area contributed by atoms with Gasteiger partial charge in [-0.2, -0.15) is 0 Å². The summed E-state index contributed by atoms with van der Waals surface area (Å²) in [5.41, 5.74) is 0.283. The molecule has 6 heteroatoms. The number of aromatic nitrogens is 2. The van der Waals surface area contributed by atoms with Crippen molar-refractivity contribution in [1.29, 1.82) is 0 Å². The number of carbonyl (C=O) groups is 1. The van der Waals surface area contributed by atoms with E-state index >= 15 is 0 Å². The van der Waals surface area contributed by atoms with E-state index in [-0.39, 0.29) is 27.9 Å². The van der Waals surface area contributed by atoms with Crippen LogP contribution in [0.25, 0.3) is 0 Å². The summed E-state index contributed by atoms with van der Waals surface area (Å²) in [6.45, 7) is 10.7. The van der Waals surface area contributed by atoms with Gasteiger partial charge in [-0.3, -0.25) is 9.59 Å². The first-order valence-corrected chi connectivity index (χ1v) is 9.20. The van der Waals surface area contributed by atoms with Crippen LogP contribution in [0.1, 0.15) is 68.3 Å². The van der Waals surface area contributed by atoms with Crippen molar-refractivity contribution < 1.29 is 9.53 Å². The van der Waals surface area contributed by atoms with Crippen LogP contribution in [0, 0.1) is 12.3 Å². The zero-order valence-electron chi connectivity index (χ0n) is 15.8. The van der Waals surface area contributed by atoms with Crippen molar-refractivity contribution in [3.8, 4) is 0 Å². The van der Waals surface area contributed by atoms with E-state index in [9.17, 15) is 9.59 Å². The standard InChI is InChI=1S/C19H29N3O3/c1-13-14(15(23)21-17(20-13)18(2,3)4)16(24)22-9-5-6-19(12-22)7-10-25-11-8-19/h5-12H2,1-4H3,(H,20,21,23). The van der Waals surface area contributed by atoms with Crippen LogP contribution in [0.15, 0.2) is 4.79 Å². The van der Waals surface area contributed by atoms with Crippen LogP contribution in [0.3, 0.4) is 0 Å². The summed E-state index contributed by atoms with van der Waals surface area (Å²) in [6, 6.07) is 0. The number of hydrogen-bond acceptors (Lipinski definition) is 4.